The summed E-state index contributed by atoms with van der Waals surface area (Å²) in [5.41, 5.74) is 0. The molecule has 2 heterocycles. The van der Waals surface area contributed by atoms with E-state index in [1.807, 2.05) is 18.4 Å². The summed E-state index contributed by atoms with van der Waals surface area (Å²) in [6, 6.07) is 4.13. The van der Waals surface area contributed by atoms with Gasteiger partial charge in [0.05, 0.1) is 10.8 Å². The number of carbonyl (C=O) groups is 1. The lowest BCUT2D eigenvalue weighted by Crippen LogP contribution is -2.14. The first kappa shape index (κ1) is 20.5. The predicted molar refractivity (Wildman–Crippen MR) is 105 cm³/mol. The largest absolute Gasteiger partial charge is 0.486 e. The van der Waals surface area contributed by atoms with Crippen LogP contribution in [0.25, 0.3) is 0 Å². The molecule has 0 aliphatic carbocycles. The van der Waals surface area contributed by atoms with Crippen molar-refractivity contribution >= 4 is 45.7 Å². The van der Waals surface area contributed by atoms with Gasteiger partial charge in [0.15, 0.2) is 11.0 Å². The fourth-order valence-corrected chi connectivity index (χ4v) is 3.80. The van der Waals surface area contributed by atoms with Crippen LogP contribution in [0.1, 0.15) is 17.8 Å². The highest BCUT2D eigenvalue weighted by atomic mass is 35.5. The molecule has 3 rings (SSSR count). The number of nitrogens with zero attached hydrogens (tertiary/aromatic N) is 5. The standard InChI is InChI=1S/C16H16ClFN6O2S2/c1-3-24-13(7-26-10-4-5-12(18)11(17)6-10)21-23-16(24)27-8-14(25)19-15-22-20-9(2)28-15/h4-6H,3,7-8H2,1-2H3,(H,19,22,25). The van der Waals surface area contributed by atoms with Crippen molar-refractivity contribution in [3.8, 4) is 5.75 Å². The number of anilines is 1. The number of amides is 1. The summed E-state index contributed by atoms with van der Waals surface area (Å²) in [5, 5.41) is 20.5. The SMILES string of the molecule is CCn1c(COc2ccc(F)c(Cl)c2)nnc1SCC(=O)Nc1nnc(C)s1. The summed E-state index contributed by atoms with van der Waals surface area (Å²) < 4.78 is 20.7. The quantitative estimate of drug-likeness (QED) is 0.533. The molecule has 0 aliphatic rings. The molecule has 8 nitrogen and oxygen atoms in total. The molecule has 148 valence electrons. The van der Waals surface area contributed by atoms with Gasteiger partial charge >= 0.3 is 0 Å². The molecule has 2 aromatic heterocycles. The van der Waals surface area contributed by atoms with Crippen LogP contribution in [0.2, 0.25) is 5.02 Å². The van der Waals surface area contributed by atoms with Gasteiger partial charge in [0.2, 0.25) is 11.0 Å². The number of rotatable bonds is 8. The first-order chi connectivity index (χ1) is 13.5. The van der Waals surface area contributed by atoms with Gasteiger partial charge in [0.25, 0.3) is 0 Å². The lowest BCUT2D eigenvalue weighted by Gasteiger charge is -2.09. The van der Waals surface area contributed by atoms with Crippen LogP contribution in [-0.4, -0.2) is 36.6 Å². The Morgan fingerprint density at radius 3 is 2.86 bits per heavy atom. The zero-order chi connectivity index (χ0) is 20.1. The van der Waals surface area contributed by atoms with E-state index < -0.39 is 5.82 Å². The number of hydrogen-bond donors (Lipinski definition) is 1. The minimum Gasteiger partial charge on any atom is -0.486 e. The van der Waals surface area contributed by atoms with Crippen molar-refractivity contribution in [3.05, 3.63) is 39.9 Å². The van der Waals surface area contributed by atoms with Gasteiger partial charge in [-0.1, -0.05) is 34.7 Å². The molecule has 28 heavy (non-hydrogen) atoms. The first-order valence-corrected chi connectivity index (χ1v) is 10.4. The molecule has 0 fully saturated rings. The number of ether oxygens (including phenoxy) is 1. The van der Waals surface area contributed by atoms with E-state index in [0.717, 1.165) is 5.01 Å². The van der Waals surface area contributed by atoms with Gasteiger partial charge in [-0.25, -0.2) is 4.39 Å². The molecule has 3 aromatic rings. The highest BCUT2D eigenvalue weighted by Gasteiger charge is 2.15. The van der Waals surface area contributed by atoms with Crippen molar-refractivity contribution in [3.63, 3.8) is 0 Å². The van der Waals surface area contributed by atoms with Crippen LogP contribution in [0.3, 0.4) is 0 Å². The lowest BCUT2D eigenvalue weighted by molar-refractivity contribution is -0.113. The van der Waals surface area contributed by atoms with E-state index in [1.165, 1.54) is 41.3 Å². The van der Waals surface area contributed by atoms with Gasteiger partial charge in [-0.2, -0.15) is 0 Å². The average Bonchev–Trinajstić information content (AvgIpc) is 3.26. The molecule has 0 bridgehead atoms. The average molecular weight is 443 g/mol. The zero-order valence-electron chi connectivity index (χ0n) is 15.0. The van der Waals surface area contributed by atoms with E-state index in [1.54, 1.807) is 0 Å². The maximum Gasteiger partial charge on any atom is 0.236 e. The molecule has 1 amide bonds. The second-order valence-electron chi connectivity index (χ2n) is 5.47. The smallest absolute Gasteiger partial charge is 0.236 e. The maximum absolute atomic E-state index is 13.2. The molecule has 12 heteroatoms. The van der Waals surface area contributed by atoms with Gasteiger partial charge in [-0.3, -0.25) is 10.1 Å². The molecule has 0 atom stereocenters. The van der Waals surface area contributed by atoms with Gasteiger partial charge in [-0.05, 0) is 26.0 Å². The van der Waals surface area contributed by atoms with Crippen molar-refractivity contribution in [2.24, 2.45) is 0 Å². The Balaban J connectivity index is 1.58. The highest BCUT2D eigenvalue weighted by Crippen LogP contribution is 2.23. The number of thioether (sulfide) groups is 1. The van der Waals surface area contributed by atoms with Crippen LogP contribution in [0.15, 0.2) is 23.4 Å². The first-order valence-electron chi connectivity index (χ1n) is 8.19. The number of aryl methyl sites for hydroxylation is 1. The zero-order valence-corrected chi connectivity index (χ0v) is 17.4. The van der Waals surface area contributed by atoms with E-state index in [2.05, 4.69) is 25.7 Å². The van der Waals surface area contributed by atoms with E-state index in [4.69, 9.17) is 16.3 Å². The Bertz CT molecular complexity index is 980. The molecular weight excluding hydrogens is 427 g/mol. The topological polar surface area (TPSA) is 94.8 Å². The third-order valence-corrected chi connectivity index (χ3v) is 5.48. The lowest BCUT2D eigenvalue weighted by atomic mass is 10.3. The van der Waals surface area contributed by atoms with Crippen LogP contribution >= 0.6 is 34.7 Å². The fourth-order valence-electron chi connectivity index (χ4n) is 2.20. The van der Waals surface area contributed by atoms with E-state index >= 15 is 0 Å². The monoisotopic (exact) mass is 442 g/mol. The molecule has 1 N–H and O–H groups in total. The number of benzene rings is 1. The third-order valence-electron chi connectivity index (χ3n) is 3.47. The minimum atomic E-state index is -0.508. The maximum atomic E-state index is 13.2. The van der Waals surface area contributed by atoms with Crippen LogP contribution in [-0.2, 0) is 17.9 Å². The van der Waals surface area contributed by atoms with Gasteiger partial charge in [-0.15, -0.1) is 20.4 Å². The molecule has 0 spiro atoms. The minimum absolute atomic E-state index is 0.0117. The third kappa shape index (κ3) is 5.18. The summed E-state index contributed by atoms with van der Waals surface area (Å²) in [6.07, 6.45) is 0. The van der Waals surface area contributed by atoms with Gasteiger partial charge in [0, 0.05) is 12.6 Å². The Morgan fingerprint density at radius 2 is 2.18 bits per heavy atom. The number of aromatic nitrogens is 5. The van der Waals surface area contributed by atoms with Crippen LogP contribution in [0.4, 0.5) is 9.52 Å². The van der Waals surface area contributed by atoms with Crippen molar-refractivity contribution in [1.82, 2.24) is 25.0 Å². The second kappa shape index (κ2) is 9.30. The Labute approximate surface area is 173 Å². The number of nitrogens with one attached hydrogen (secondary N) is 1. The van der Waals surface area contributed by atoms with Crippen molar-refractivity contribution < 1.29 is 13.9 Å². The molecule has 0 saturated carbocycles. The number of carbonyl (C=O) groups excluding carboxylic acids is 1. The van der Waals surface area contributed by atoms with Crippen LogP contribution < -0.4 is 10.1 Å². The molecular formula is C16H16ClFN6O2S2. The van der Waals surface area contributed by atoms with Crippen LogP contribution in [0, 0.1) is 12.7 Å². The predicted octanol–water partition coefficient (Wildman–Crippen LogP) is 3.56. The molecule has 0 radical (unpaired) electrons. The van der Waals surface area contributed by atoms with Gasteiger partial charge in [0.1, 0.15) is 23.2 Å². The number of hydrogen-bond acceptors (Lipinski definition) is 8. The molecule has 0 unspecified atom stereocenters. The summed E-state index contributed by atoms with van der Waals surface area (Å²) in [7, 11) is 0. The van der Waals surface area contributed by atoms with Crippen molar-refractivity contribution in [2.75, 3.05) is 11.1 Å². The fraction of sp³-hybridized carbons (Fsp3) is 0.312. The van der Waals surface area contributed by atoms with E-state index in [9.17, 15) is 9.18 Å². The molecule has 1 aromatic carbocycles. The Morgan fingerprint density at radius 1 is 1.36 bits per heavy atom. The van der Waals surface area contributed by atoms with Crippen molar-refractivity contribution in [1.29, 1.82) is 0 Å². The van der Waals surface area contributed by atoms with Crippen molar-refractivity contribution in [2.45, 2.75) is 32.2 Å². The normalized spacial score (nSPS) is 10.9. The summed E-state index contributed by atoms with van der Waals surface area (Å²) in [5.74, 6) is 0.464. The second-order valence-corrected chi connectivity index (χ2v) is 8.00. The molecule has 0 saturated heterocycles. The van der Waals surface area contributed by atoms with Gasteiger partial charge < -0.3 is 9.30 Å². The van der Waals surface area contributed by atoms with Crippen LogP contribution in [0.5, 0.6) is 5.75 Å². The highest BCUT2D eigenvalue weighted by molar-refractivity contribution is 7.99. The summed E-state index contributed by atoms with van der Waals surface area (Å²) >= 11 is 8.32. The Hall–Kier alpha value is -2.24. The number of halogens is 2. The van der Waals surface area contributed by atoms with E-state index in [-0.39, 0.29) is 23.3 Å². The van der Waals surface area contributed by atoms with E-state index in [0.29, 0.717) is 28.4 Å². The molecule has 0 aliphatic heterocycles. The Kier molecular flexibility index (Phi) is 6.81. The summed E-state index contributed by atoms with van der Waals surface area (Å²) in [4.78, 5) is 12.1. The summed E-state index contributed by atoms with van der Waals surface area (Å²) in [6.45, 7) is 4.50.